The number of esters is 1. The molecule has 0 saturated carbocycles. The zero-order valence-electron chi connectivity index (χ0n) is 12.4. The Morgan fingerprint density at radius 1 is 1.17 bits per heavy atom. The second kappa shape index (κ2) is 6.78. The molecule has 2 heterocycles. The fourth-order valence-electron chi connectivity index (χ4n) is 1.93. The Morgan fingerprint density at radius 3 is 2.83 bits per heavy atom. The predicted molar refractivity (Wildman–Crippen MR) is 78.7 cm³/mol. The van der Waals surface area contributed by atoms with Gasteiger partial charge in [0.2, 0.25) is 0 Å². The maximum absolute atomic E-state index is 12.1. The molecule has 0 fully saturated rings. The highest BCUT2D eigenvalue weighted by atomic mass is 16.5. The number of para-hydroxylation sites is 1. The third kappa shape index (κ3) is 3.39. The summed E-state index contributed by atoms with van der Waals surface area (Å²) in [5.41, 5.74) is 0.347. The number of ether oxygens (including phenoxy) is 2. The molecule has 3 rings (SSSR count). The minimum absolute atomic E-state index is 0.132. The van der Waals surface area contributed by atoms with E-state index in [4.69, 9.17) is 18.3 Å². The van der Waals surface area contributed by atoms with Gasteiger partial charge in [-0.05, 0) is 31.2 Å². The van der Waals surface area contributed by atoms with Crippen LogP contribution in [0.3, 0.4) is 0 Å². The van der Waals surface area contributed by atoms with E-state index in [1.165, 1.54) is 6.26 Å². The van der Waals surface area contributed by atoms with E-state index >= 15 is 0 Å². The van der Waals surface area contributed by atoms with Gasteiger partial charge in [0.1, 0.15) is 11.3 Å². The van der Waals surface area contributed by atoms with Crippen molar-refractivity contribution in [1.82, 2.24) is 10.2 Å². The molecule has 0 radical (unpaired) electrons. The molecule has 7 heteroatoms. The second-order valence-corrected chi connectivity index (χ2v) is 4.48. The van der Waals surface area contributed by atoms with Gasteiger partial charge in [-0.25, -0.2) is 4.79 Å². The van der Waals surface area contributed by atoms with Gasteiger partial charge in [-0.2, -0.15) is 0 Å². The highest BCUT2D eigenvalue weighted by Crippen LogP contribution is 2.21. The van der Waals surface area contributed by atoms with Crippen molar-refractivity contribution in [3.8, 4) is 17.4 Å². The van der Waals surface area contributed by atoms with Crippen molar-refractivity contribution < 1.29 is 23.1 Å². The number of carbonyl (C=O) groups is 1. The first kappa shape index (κ1) is 14.8. The van der Waals surface area contributed by atoms with Crippen LogP contribution in [0.5, 0.6) is 5.75 Å². The molecule has 0 spiro atoms. The number of rotatable bonds is 6. The van der Waals surface area contributed by atoms with Gasteiger partial charge in [0.25, 0.3) is 11.8 Å². The molecule has 0 unspecified atom stereocenters. The van der Waals surface area contributed by atoms with Gasteiger partial charge in [-0.3, -0.25) is 0 Å². The molecule has 0 amide bonds. The third-order valence-corrected chi connectivity index (χ3v) is 2.93. The van der Waals surface area contributed by atoms with E-state index in [0.29, 0.717) is 23.7 Å². The fraction of sp³-hybridized carbons (Fsp3) is 0.188. The van der Waals surface area contributed by atoms with Crippen molar-refractivity contribution >= 4 is 5.97 Å². The molecule has 0 aliphatic carbocycles. The zero-order valence-corrected chi connectivity index (χ0v) is 12.4. The van der Waals surface area contributed by atoms with Crippen LogP contribution in [0, 0.1) is 0 Å². The second-order valence-electron chi connectivity index (χ2n) is 4.48. The fourth-order valence-corrected chi connectivity index (χ4v) is 1.93. The Bertz CT molecular complexity index is 779. The van der Waals surface area contributed by atoms with Crippen LogP contribution in [0.1, 0.15) is 23.2 Å². The zero-order chi connectivity index (χ0) is 16.1. The molecule has 0 bridgehead atoms. The lowest BCUT2D eigenvalue weighted by molar-refractivity contribution is 0.0434. The lowest BCUT2D eigenvalue weighted by Gasteiger charge is -2.08. The Kier molecular flexibility index (Phi) is 4.37. The summed E-state index contributed by atoms with van der Waals surface area (Å²) in [6.07, 6.45) is 1.50. The number of carbonyl (C=O) groups excluding carboxylic acids is 1. The summed E-state index contributed by atoms with van der Waals surface area (Å²) in [5, 5.41) is 7.64. The van der Waals surface area contributed by atoms with E-state index in [1.807, 2.05) is 6.92 Å². The average molecular weight is 314 g/mol. The Hall–Kier alpha value is -3.09. The maximum atomic E-state index is 12.1. The van der Waals surface area contributed by atoms with Gasteiger partial charge in [-0.1, -0.05) is 12.1 Å². The van der Waals surface area contributed by atoms with Crippen LogP contribution in [0.15, 0.2) is 51.5 Å². The van der Waals surface area contributed by atoms with Crippen LogP contribution >= 0.6 is 0 Å². The van der Waals surface area contributed by atoms with E-state index in [9.17, 15) is 4.79 Å². The molecule has 0 N–H and O–H groups in total. The Morgan fingerprint density at radius 2 is 2.04 bits per heavy atom. The molecule has 118 valence electrons. The van der Waals surface area contributed by atoms with Crippen LogP contribution in [-0.2, 0) is 11.3 Å². The normalized spacial score (nSPS) is 10.5. The summed E-state index contributed by atoms with van der Waals surface area (Å²) in [6.45, 7) is 2.17. The van der Waals surface area contributed by atoms with Crippen molar-refractivity contribution in [2.45, 2.75) is 13.5 Å². The van der Waals surface area contributed by atoms with E-state index in [2.05, 4.69) is 10.2 Å². The van der Waals surface area contributed by atoms with Gasteiger partial charge in [0.15, 0.2) is 12.4 Å². The van der Waals surface area contributed by atoms with Crippen LogP contribution in [-0.4, -0.2) is 22.8 Å². The van der Waals surface area contributed by atoms with Gasteiger partial charge < -0.3 is 18.3 Å². The standard InChI is InChI=1S/C16H14N2O5/c1-2-20-12-7-4-3-6-11(12)16(19)22-10-14-17-18-15(23-14)13-8-5-9-21-13/h3-9H,2,10H2,1H3. The van der Waals surface area contributed by atoms with Crippen molar-refractivity contribution in [2.75, 3.05) is 6.61 Å². The lowest BCUT2D eigenvalue weighted by Crippen LogP contribution is -2.08. The highest BCUT2D eigenvalue weighted by Gasteiger charge is 2.16. The lowest BCUT2D eigenvalue weighted by atomic mass is 10.2. The SMILES string of the molecule is CCOc1ccccc1C(=O)OCc1nnc(-c2ccco2)o1. The Balaban J connectivity index is 1.65. The molecule has 0 aliphatic heterocycles. The summed E-state index contributed by atoms with van der Waals surface area (Å²) in [6, 6.07) is 10.3. The van der Waals surface area contributed by atoms with Crippen molar-refractivity contribution in [3.05, 3.63) is 54.1 Å². The largest absolute Gasteiger partial charge is 0.493 e. The number of aromatic nitrogens is 2. The monoisotopic (exact) mass is 314 g/mol. The van der Waals surface area contributed by atoms with Crippen LogP contribution in [0.4, 0.5) is 0 Å². The van der Waals surface area contributed by atoms with Crippen molar-refractivity contribution in [1.29, 1.82) is 0 Å². The smallest absolute Gasteiger partial charge is 0.342 e. The molecule has 0 saturated heterocycles. The summed E-state index contributed by atoms with van der Waals surface area (Å²) >= 11 is 0. The first-order chi connectivity index (χ1) is 11.3. The van der Waals surface area contributed by atoms with Gasteiger partial charge >= 0.3 is 5.97 Å². The first-order valence-corrected chi connectivity index (χ1v) is 7.03. The third-order valence-electron chi connectivity index (χ3n) is 2.93. The number of furan rings is 1. The minimum atomic E-state index is -0.521. The highest BCUT2D eigenvalue weighted by molar-refractivity contribution is 5.92. The number of hydrogen-bond donors (Lipinski definition) is 0. The molecule has 1 aromatic carbocycles. The molecule has 0 atom stereocenters. The molecule has 2 aromatic heterocycles. The molecular weight excluding hydrogens is 300 g/mol. The average Bonchev–Trinajstić information content (AvgIpc) is 3.24. The van der Waals surface area contributed by atoms with E-state index in [0.717, 1.165) is 0 Å². The maximum Gasteiger partial charge on any atom is 0.342 e. The number of hydrogen-bond acceptors (Lipinski definition) is 7. The summed E-state index contributed by atoms with van der Waals surface area (Å²) in [7, 11) is 0. The van der Waals surface area contributed by atoms with E-state index in [-0.39, 0.29) is 18.4 Å². The molecular formula is C16H14N2O5. The van der Waals surface area contributed by atoms with Crippen LogP contribution in [0.2, 0.25) is 0 Å². The Labute approximate surface area is 131 Å². The quantitative estimate of drug-likeness (QED) is 0.646. The predicted octanol–water partition coefficient (Wildman–Crippen LogP) is 3.09. The summed E-state index contributed by atoms with van der Waals surface area (Å²) < 4.78 is 21.1. The molecule has 3 aromatic rings. The van der Waals surface area contributed by atoms with Gasteiger partial charge in [0.05, 0.1) is 12.9 Å². The molecule has 0 aliphatic rings. The van der Waals surface area contributed by atoms with Gasteiger partial charge in [-0.15, -0.1) is 10.2 Å². The molecule has 7 nitrogen and oxygen atoms in total. The van der Waals surface area contributed by atoms with Gasteiger partial charge in [0, 0.05) is 0 Å². The number of benzene rings is 1. The van der Waals surface area contributed by atoms with Crippen LogP contribution < -0.4 is 4.74 Å². The minimum Gasteiger partial charge on any atom is -0.493 e. The van der Waals surface area contributed by atoms with Crippen LogP contribution in [0.25, 0.3) is 11.7 Å². The molecule has 23 heavy (non-hydrogen) atoms. The summed E-state index contributed by atoms with van der Waals surface area (Å²) in [4.78, 5) is 12.1. The summed E-state index contributed by atoms with van der Waals surface area (Å²) in [5.74, 6) is 0.819. The number of nitrogens with zero attached hydrogens (tertiary/aromatic N) is 2. The van der Waals surface area contributed by atoms with E-state index < -0.39 is 5.97 Å². The van der Waals surface area contributed by atoms with E-state index in [1.54, 1.807) is 36.4 Å². The first-order valence-electron chi connectivity index (χ1n) is 7.03. The topological polar surface area (TPSA) is 87.6 Å². The van der Waals surface area contributed by atoms with Crippen molar-refractivity contribution in [3.63, 3.8) is 0 Å². The van der Waals surface area contributed by atoms with Crippen molar-refractivity contribution in [2.24, 2.45) is 0 Å².